The number of hydrazone groups is 1. The molecular formula is C19H20N4O4. The molecule has 0 atom stereocenters. The van der Waals surface area contributed by atoms with E-state index in [1.807, 2.05) is 19.1 Å². The van der Waals surface area contributed by atoms with Crippen LogP contribution in [0.3, 0.4) is 0 Å². The molecule has 8 nitrogen and oxygen atoms in total. The average molecular weight is 368 g/mol. The maximum Gasteiger partial charge on any atom is 0.301 e. The second-order valence-corrected chi connectivity index (χ2v) is 7.51. The molecule has 8 heteroatoms. The quantitative estimate of drug-likeness (QED) is 0.626. The van der Waals surface area contributed by atoms with Gasteiger partial charge in [0.25, 0.3) is 5.69 Å². The Morgan fingerprint density at radius 2 is 1.81 bits per heavy atom. The summed E-state index contributed by atoms with van der Waals surface area (Å²) in [5.41, 5.74) is 6.37. The molecule has 1 N–H and O–H groups in total. The summed E-state index contributed by atoms with van der Waals surface area (Å²) in [6.07, 6.45) is 1.65. The molecule has 0 heterocycles. The fourth-order valence-corrected chi connectivity index (χ4v) is 3.51. The largest absolute Gasteiger partial charge is 0.301 e. The van der Waals surface area contributed by atoms with E-state index in [4.69, 9.17) is 0 Å². The third-order valence-electron chi connectivity index (χ3n) is 4.66. The monoisotopic (exact) mass is 368 g/mol. The second kappa shape index (κ2) is 6.79. The fraction of sp³-hybridized carbons (Fsp3) is 0.316. The van der Waals surface area contributed by atoms with Crippen LogP contribution >= 0.6 is 0 Å². The fourth-order valence-electron chi connectivity index (χ4n) is 3.51. The topological polar surface area (TPSA) is 111 Å². The zero-order chi connectivity index (χ0) is 19.8. The van der Waals surface area contributed by atoms with Gasteiger partial charge in [-0.25, -0.2) is 0 Å². The standard InChI is InChI=1S/C19H20N4O4/c1-12-5-4-6-13-10-19(2,3)11-16(18(12)13)21-20-15-8-7-14(22(24)25)9-17(15)23(26)27/h4-9,20H,10-11H2,1-3H3/b21-16-. The number of nitrogens with zero attached hydrogens (tertiary/aromatic N) is 3. The van der Waals surface area contributed by atoms with Crippen molar-refractivity contribution in [2.75, 3.05) is 5.43 Å². The first-order valence-electron chi connectivity index (χ1n) is 8.52. The molecule has 0 spiro atoms. The van der Waals surface area contributed by atoms with E-state index in [2.05, 4.69) is 30.4 Å². The molecule has 3 rings (SSSR count). The van der Waals surface area contributed by atoms with Crippen LogP contribution < -0.4 is 5.43 Å². The molecule has 0 unspecified atom stereocenters. The summed E-state index contributed by atoms with van der Waals surface area (Å²) < 4.78 is 0. The molecule has 2 aromatic rings. The van der Waals surface area contributed by atoms with Crippen LogP contribution in [0.15, 0.2) is 41.5 Å². The van der Waals surface area contributed by atoms with Crippen molar-refractivity contribution in [1.82, 2.24) is 0 Å². The molecule has 1 aliphatic rings. The highest BCUT2D eigenvalue weighted by molar-refractivity contribution is 6.04. The van der Waals surface area contributed by atoms with Crippen LogP contribution in [-0.2, 0) is 6.42 Å². The predicted octanol–water partition coefficient (Wildman–Crippen LogP) is 4.60. The Kier molecular flexibility index (Phi) is 4.65. The Labute approximate surface area is 156 Å². The Hall–Kier alpha value is -3.29. The van der Waals surface area contributed by atoms with Crippen molar-refractivity contribution in [2.45, 2.75) is 33.6 Å². The average Bonchev–Trinajstić information content (AvgIpc) is 2.58. The van der Waals surface area contributed by atoms with Crippen molar-refractivity contribution in [3.05, 3.63) is 73.3 Å². The molecule has 0 aliphatic heterocycles. The number of nitro benzene ring substituents is 2. The SMILES string of the molecule is Cc1cccc2c1/C(=N\Nc1ccc([N+](=O)[O-])cc1[N+](=O)[O-])CC(C)(C)C2. The smallest absolute Gasteiger partial charge is 0.271 e. The van der Waals surface area contributed by atoms with Crippen molar-refractivity contribution in [2.24, 2.45) is 10.5 Å². The van der Waals surface area contributed by atoms with Gasteiger partial charge in [-0.3, -0.25) is 25.7 Å². The first-order valence-corrected chi connectivity index (χ1v) is 8.52. The Morgan fingerprint density at radius 3 is 2.48 bits per heavy atom. The highest BCUT2D eigenvalue weighted by atomic mass is 16.6. The Balaban J connectivity index is 2.02. The van der Waals surface area contributed by atoms with Gasteiger partial charge in [-0.05, 0) is 42.4 Å². The van der Waals surface area contributed by atoms with E-state index in [9.17, 15) is 20.2 Å². The minimum atomic E-state index is -0.661. The van der Waals surface area contributed by atoms with E-state index >= 15 is 0 Å². The van der Waals surface area contributed by atoms with Gasteiger partial charge in [0.15, 0.2) is 0 Å². The molecule has 0 saturated heterocycles. The number of anilines is 1. The number of fused-ring (bicyclic) bond motifs is 1. The number of rotatable bonds is 4. The summed E-state index contributed by atoms with van der Waals surface area (Å²) in [6, 6.07) is 9.58. The zero-order valence-electron chi connectivity index (χ0n) is 15.4. The molecule has 0 fully saturated rings. The molecular weight excluding hydrogens is 348 g/mol. The molecule has 0 radical (unpaired) electrons. The molecule has 1 aliphatic carbocycles. The number of aryl methyl sites for hydroxylation is 1. The summed E-state index contributed by atoms with van der Waals surface area (Å²) in [4.78, 5) is 20.9. The first-order chi connectivity index (χ1) is 12.7. The summed E-state index contributed by atoms with van der Waals surface area (Å²) in [5, 5.41) is 26.6. The molecule has 140 valence electrons. The summed E-state index contributed by atoms with van der Waals surface area (Å²) >= 11 is 0. The molecule has 0 saturated carbocycles. The van der Waals surface area contributed by atoms with E-state index < -0.39 is 9.85 Å². The molecule has 27 heavy (non-hydrogen) atoms. The zero-order valence-corrected chi connectivity index (χ0v) is 15.4. The first kappa shape index (κ1) is 18.5. The lowest BCUT2D eigenvalue weighted by Gasteiger charge is -2.33. The maximum atomic E-state index is 11.3. The van der Waals surface area contributed by atoms with E-state index in [1.54, 1.807) is 0 Å². The van der Waals surface area contributed by atoms with E-state index in [0.29, 0.717) is 0 Å². The van der Waals surface area contributed by atoms with Crippen molar-refractivity contribution in [1.29, 1.82) is 0 Å². The number of nitro groups is 2. The number of hydrogen-bond acceptors (Lipinski definition) is 6. The van der Waals surface area contributed by atoms with Gasteiger partial charge in [0, 0.05) is 11.6 Å². The van der Waals surface area contributed by atoms with Crippen molar-refractivity contribution in [3.8, 4) is 0 Å². The number of nitrogens with one attached hydrogen (secondary N) is 1. The highest BCUT2D eigenvalue weighted by Gasteiger charge is 2.30. The van der Waals surface area contributed by atoms with Gasteiger partial charge < -0.3 is 0 Å². The summed E-state index contributed by atoms with van der Waals surface area (Å²) in [6.45, 7) is 6.32. The lowest BCUT2D eigenvalue weighted by atomic mass is 9.72. The van der Waals surface area contributed by atoms with Crippen molar-refractivity contribution < 1.29 is 9.85 Å². The molecule has 0 aromatic heterocycles. The lowest BCUT2D eigenvalue weighted by molar-refractivity contribution is -0.393. The van der Waals surface area contributed by atoms with E-state index in [0.717, 1.165) is 35.7 Å². The lowest BCUT2D eigenvalue weighted by Crippen LogP contribution is -2.28. The van der Waals surface area contributed by atoms with Crippen LogP contribution in [0.2, 0.25) is 0 Å². The Morgan fingerprint density at radius 1 is 1.07 bits per heavy atom. The number of hydrogen-bond donors (Lipinski definition) is 1. The van der Waals surface area contributed by atoms with Gasteiger partial charge in [-0.15, -0.1) is 0 Å². The minimum absolute atomic E-state index is 0.0166. The van der Waals surface area contributed by atoms with Crippen LogP contribution in [0, 0.1) is 32.6 Å². The maximum absolute atomic E-state index is 11.3. The van der Waals surface area contributed by atoms with Gasteiger partial charge >= 0.3 is 5.69 Å². The van der Waals surface area contributed by atoms with Crippen LogP contribution in [0.25, 0.3) is 0 Å². The predicted molar refractivity (Wildman–Crippen MR) is 103 cm³/mol. The van der Waals surface area contributed by atoms with Crippen LogP contribution in [-0.4, -0.2) is 15.6 Å². The third kappa shape index (κ3) is 3.79. The Bertz CT molecular complexity index is 966. The molecule has 0 bridgehead atoms. The number of benzene rings is 2. The van der Waals surface area contributed by atoms with Crippen LogP contribution in [0.5, 0.6) is 0 Å². The molecule has 0 amide bonds. The van der Waals surface area contributed by atoms with Gasteiger partial charge in [-0.1, -0.05) is 32.0 Å². The number of non-ortho nitro benzene ring substituents is 1. The van der Waals surface area contributed by atoms with Gasteiger partial charge in [0.2, 0.25) is 0 Å². The second-order valence-electron chi connectivity index (χ2n) is 7.51. The van der Waals surface area contributed by atoms with Crippen LogP contribution in [0.1, 0.15) is 37.0 Å². The van der Waals surface area contributed by atoms with Gasteiger partial charge in [0.1, 0.15) is 5.69 Å². The van der Waals surface area contributed by atoms with E-state index in [-0.39, 0.29) is 22.5 Å². The highest BCUT2D eigenvalue weighted by Crippen LogP contribution is 2.37. The molecule has 2 aromatic carbocycles. The van der Waals surface area contributed by atoms with E-state index in [1.165, 1.54) is 17.7 Å². The van der Waals surface area contributed by atoms with Crippen molar-refractivity contribution >= 4 is 22.8 Å². The van der Waals surface area contributed by atoms with Gasteiger partial charge in [0.05, 0.1) is 21.6 Å². The minimum Gasteiger partial charge on any atom is -0.271 e. The van der Waals surface area contributed by atoms with Crippen LogP contribution in [0.4, 0.5) is 17.1 Å². The van der Waals surface area contributed by atoms with Crippen molar-refractivity contribution in [3.63, 3.8) is 0 Å². The van der Waals surface area contributed by atoms with Gasteiger partial charge in [-0.2, -0.15) is 5.10 Å². The normalized spacial score (nSPS) is 16.6. The third-order valence-corrected chi connectivity index (χ3v) is 4.66. The summed E-state index contributed by atoms with van der Waals surface area (Å²) in [5.74, 6) is 0. The summed E-state index contributed by atoms with van der Waals surface area (Å²) in [7, 11) is 0.